The lowest BCUT2D eigenvalue weighted by molar-refractivity contribution is 0.762. The first kappa shape index (κ1) is 15.6. The average molecular weight is 282 g/mol. The van der Waals surface area contributed by atoms with Crippen molar-refractivity contribution in [2.75, 3.05) is 4.90 Å². The van der Waals surface area contributed by atoms with E-state index >= 15 is 0 Å². The van der Waals surface area contributed by atoms with Crippen LogP contribution >= 0.6 is 0 Å². The highest BCUT2D eigenvalue weighted by atomic mass is 15.2. The Morgan fingerprint density at radius 3 is 2.57 bits per heavy atom. The number of allylic oxidation sites excluding steroid dienone is 3. The maximum Gasteiger partial charge on any atom is 0.0494 e. The Balaban J connectivity index is 2.26. The third-order valence-electron chi connectivity index (χ3n) is 3.80. The quantitative estimate of drug-likeness (QED) is 0.783. The second-order valence-electron chi connectivity index (χ2n) is 5.51. The minimum Gasteiger partial charge on any atom is -0.335 e. The molecule has 0 saturated carbocycles. The fourth-order valence-electron chi connectivity index (χ4n) is 2.51. The van der Waals surface area contributed by atoms with E-state index in [2.05, 4.69) is 79.5 Å². The minimum absolute atomic E-state index is 0.140. The van der Waals surface area contributed by atoms with Crippen LogP contribution in [0.1, 0.15) is 33.1 Å². The molecule has 2 N–H and O–H groups in total. The number of para-hydroxylation sites is 1. The molecule has 0 spiro atoms. The van der Waals surface area contributed by atoms with E-state index in [0.29, 0.717) is 0 Å². The Morgan fingerprint density at radius 2 is 1.95 bits per heavy atom. The van der Waals surface area contributed by atoms with E-state index in [4.69, 9.17) is 5.73 Å². The van der Waals surface area contributed by atoms with Gasteiger partial charge in [-0.1, -0.05) is 49.4 Å². The summed E-state index contributed by atoms with van der Waals surface area (Å²) in [5.41, 5.74) is 8.50. The summed E-state index contributed by atoms with van der Waals surface area (Å²) < 4.78 is 0. The first-order valence-corrected chi connectivity index (χ1v) is 7.87. The van der Waals surface area contributed by atoms with E-state index in [1.54, 1.807) is 0 Å². The standard InChI is InChI=1S/C19H26N2/c1-3-17(20)15-14-16(2)21(18-10-6-4-7-11-18)19-12-8-5-9-13-19/h4,6-8,10-17H,3,5,9,20H2,1-2H3/b15-14-. The Kier molecular flexibility index (Phi) is 5.82. The van der Waals surface area contributed by atoms with Crippen LogP contribution in [0.2, 0.25) is 0 Å². The molecule has 0 aliphatic heterocycles. The van der Waals surface area contributed by atoms with E-state index in [1.165, 1.54) is 11.4 Å². The molecule has 112 valence electrons. The molecule has 0 bridgehead atoms. The van der Waals surface area contributed by atoms with E-state index in [1.807, 2.05) is 0 Å². The molecule has 0 amide bonds. The first-order valence-electron chi connectivity index (χ1n) is 7.87. The molecule has 0 radical (unpaired) electrons. The van der Waals surface area contributed by atoms with Crippen LogP contribution in [-0.2, 0) is 0 Å². The molecule has 2 heteroatoms. The molecule has 1 aromatic carbocycles. The van der Waals surface area contributed by atoms with Gasteiger partial charge in [-0.05, 0) is 44.4 Å². The van der Waals surface area contributed by atoms with Crippen molar-refractivity contribution in [2.24, 2.45) is 5.73 Å². The smallest absolute Gasteiger partial charge is 0.0494 e. The zero-order valence-electron chi connectivity index (χ0n) is 13.1. The lowest BCUT2D eigenvalue weighted by Crippen LogP contribution is -2.31. The van der Waals surface area contributed by atoms with Crippen molar-refractivity contribution in [3.05, 3.63) is 66.4 Å². The molecule has 0 heterocycles. The van der Waals surface area contributed by atoms with Gasteiger partial charge in [0, 0.05) is 23.5 Å². The summed E-state index contributed by atoms with van der Waals surface area (Å²) in [6, 6.07) is 11.0. The topological polar surface area (TPSA) is 29.3 Å². The number of benzene rings is 1. The number of hydrogen-bond donors (Lipinski definition) is 1. The Labute approximate surface area is 128 Å². The van der Waals surface area contributed by atoms with Crippen molar-refractivity contribution in [3.63, 3.8) is 0 Å². The highest BCUT2D eigenvalue weighted by molar-refractivity contribution is 5.56. The van der Waals surface area contributed by atoms with Gasteiger partial charge < -0.3 is 10.6 Å². The lowest BCUT2D eigenvalue weighted by Gasteiger charge is -2.32. The molecule has 1 aliphatic carbocycles. The molecule has 2 nitrogen and oxygen atoms in total. The van der Waals surface area contributed by atoms with Crippen molar-refractivity contribution < 1.29 is 0 Å². The second kappa shape index (κ2) is 7.84. The summed E-state index contributed by atoms with van der Waals surface area (Å²) in [6.45, 7) is 4.33. The molecule has 2 rings (SSSR count). The fourth-order valence-corrected chi connectivity index (χ4v) is 2.51. The maximum absolute atomic E-state index is 6.00. The van der Waals surface area contributed by atoms with Crippen molar-refractivity contribution >= 4 is 5.69 Å². The summed E-state index contributed by atoms with van der Waals surface area (Å²) in [4.78, 5) is 2.37. The molecule has 21 heavy (non-hydrogen) atoms. The SMILES string of the molecule is CCC(N)/C=C\C(C)N(C1=CCCC=C1)c1ccccc1. The van der Waals surface area contributed by atoms with Gasteiger partial charge in [-0.25, -0.2) is 0 Å². The molecule has 1 aromatic rings. The van der Waals surface area contributed by atoms with Crippen LogP contribution in [0.15, 0.2) is 66.4 Å². The number of rotatable bonds is 6. The van der Waals surface area contributed by atoms with Gasteiger partial charge in [0.1, 0.15) is 0 Å². The molecule has 0 saturated heterocycles. The van der Waals surface area contributed by atoms with Crippen LogP contribution in [0.25, 0.3) is 0 Å². The third kappa shape index (κ3) is 4.33. The molecular formula is C19H26N2. The van der Waals surface area contributed by atoms with Gasteiger partial charge in [0.05, 0.1) is 0 Å². The molecule has 0 aromatic heterocycles. The predicted molar refractivity (Wildman–Crippen MR) is 92.2 cm³/mol. The molecule has 0 fully saturated rings. The van der Waals surface area contributed by atoms with Crippen LogP contribution in [0.3, 0.4) is 0 Å². The lowest BCUT2D eigenvalue weighted by atomic mass is 10.1. The van der Waals surface area contributed by atoms with Crippen LogP contribution in [0, 0.1) is 0 Å². The normalized spacial score (nSPS) is 17.6. The van der Waals surface area contributed by atoms with Crippen LogP contribution < -0.4 is 10.6 Å². The fraction of sp³-hybridized carbons (Fsp3) is 0.368. The zero-order valence-corrected chi connectivity index (χ0v) is 13.1. The van der Waals surface area contributed by atoms with E-state index in [0.717, 1.165) is 19.3 Å². The monoisotopic (exact) mass is 282 g/mol. The predicted octanol–water partition coefficient (Wildman–Crippen LogP) is 4.41. The van der Waals surface area contributed by atoms with E-state index in [9.17, 15) is 0 Å². The van der Waals surface area contributed by atoms with E-state index in [-0.39, 0.29) is 12.1 Å². The molecular weight excluding hydrogens is 256 g/mol. The van der Waals surface area contributed by atoms with Crippen LogP contribution in [-0.4, -0.2) is 12.1 Å². The van der Waals surface area contributed by atoms with Gasteiger partial charge in [0.15, 0.2) is 0 Å². The van der Waals surface area contributed by atoms with Crippen LogP contribution in [0.5, 0.6) is 0 Å². The number of nitrogens with two attached hydrogens (primary N) is 1. The van der Waals surface area contributed by atoms with Gasteiger partial charge in [-0.2, -0.15) is 0 Å². The number of nitrogens with zero attached hydrogens (tertiary/aromatic N) is 1. The summed E-state index contributed by atoms with van der Waals surface area (Å²) in [7, 11) is 0. The largest absolute Gasteiger partial charge is 0.335 e. The van der Waals surface area contributed by atoms with Crippen molar-refractivity contribution in [3.8, 4) is 0 Å². The van der Waals surface area contributed by atoms with Crippen LogP contribution in [0.4, 0.5) is 5.69 Å². The minimum atomic E-state index is 0.140. The molecule has 2 atom stereocenters. The van der Waals surface area contributed by atoms with Gasteiger partial charge in [-0.3, -0.25) is 0 Å². The Hall–Kier alpha value is -1.80. The summed E-state index contributed by atoms with van der Waals surface area (Å²) >= 11 is 0. The van der Waals surface area contributed by atoms with E-state index < -0.39 is 0 Å². The second-order valence-corrected chi connectivity index (χ2v) is 5.51. The van der Waals surface area contributed by atoms with Gasteiger partial charge in [-0.15, -0.1) is 0 Å². The number of anilines is 1. The molecule has 2 unspecified atom stereocenters. The highest BCUT2D eigenvalue weighted by Crippen LogP contribution is 2.25. The summed E-state index contributed by atoms with van der Waals surface area (Å²) in [6.07, 6.45) is 14.3. The first-order chi connectivity index (χ1) is 10.2. The van der Waals surface area contributed by atoms with Crippen molar-refractivity contribution in [1.82, 2.24) is 0 Å². The highest BCUT2D eigenvalue weighted by Gasteiger charge is 2.16. The number of hydrogen-bond acceptors (Lipinski definition) is 2. The summed E-state index contributed by atoms with van der Waals surface area (Å²) in [5, 5.41) is 0. The summed E-state index contributed by atoms with van der Waals surface area (Å²) in [5.74, 6) is 0. The van der Waals surface area contributed by atoms with Gasteiger partial charge >= 0.3 is 0 Å². The van der Waals surface area contributed by atoms with Crippen molar-refractivity contribution in [1.29, 1.82) is 0 Å². The Bertz CT molecular complexity index is 514. The third-order valence-corrected chi connectivity index (χ3v) is 3.80. The Morgan fingerprint density at radius 1 is 1.19 bits per heavy atom. The maximum atomic E-state index is 6.00. The zero-order chi connectivity index (χ0) is 15.1. The average Bonchev–Trinajstić information content (AvgIpc) is 2.55. The van der Waals surface area contributed by atoms with Gasteiger partial charge in [0.25, 0.3) is 0 Å². The van der Waals surface area contributed by atoms with Crippen molar-refractivity contribution in [2.45, 2.75) is 45.2 Å². The molecule has 1 aliphatic rings. The van der Waals surface area contributed by atoms with Gasteiger partial charge in [0.2, 0.25) is 0 Å².